The Labute approximate surface area is 126 Å². The number of amides is 1. The molecule has 1 atom stereocenters. The van der Waals surface area contributed by atoms with Crippen LogP contribution in [0.2, 0.25) is 0 Å². The Kier molecular flexibility index (Phi) is 4.88. The number of nitrogens with one attached hydrogen (secondary N) is 2. The van der Waals surface area contributed by atoms with E-state index in [-0.39, 0.29) is 24.0 Å². The summed E-state index contributed by atoms with van der Waals surface area (Å²) in [5.41, 5.74) is 2.97. The van der Waals surface area contributed by atoms with Crippen LogP contribution in [0.3, 0.4) is 0 Å². The van der Waals surface area contributed by atoms with E-state index < -0.39 is 0 Å². The first-order chi connectivity index (χ1) is 9.91. The molecule has 0 radical (unpaired) electrons. The van der Waals surface area contributed by atoms with Crippen molar-refractivity contribution in [3.63, 3.8) is 0 Å². The predicted octanol–water partition coefficient (Wildman–Crippen LogP) is 2.57. The normalized spacial score (nSPS) is 15.8. The summed E-state index contributed by atoms with van der Waals surface area (Å²) in [7, 11) is 0. The lowest BCUT2D eigenvalue weighted by molar-refractivity contribution is 0.0885. The molecule has 21 heavy (non-hydrogen) atoms. The minimum atomic E-state index is -0.0752. The molecule has 0 fully saturated rings. The van der Waals surface area contributed by atoms with Crippen molar-refractivity contribution in [2.45, 2.75) is 46.1 Å². The molecule has 0 saturated carbocycles. The molecule has 1 aliphatic rings. The van der Waals surface area contributed by atoms with Crippen LogP contribution in [-0.2, 0) is 6.42 Å². The Bertz CT molecular complexity index is 506. The first-order valence-electron chi connectivity index (χ1n) is 7.70. The number of anilines is 1. The number of aryl methyl sites for hydroxylation is 1. The van der Waals surface area contributed by atoms with Crippen molar-refractivity contribution in [1.82, 2.24) is 5.32 Å². The highest BCUT2D eigenvalue weighted by atomic mass is 16.3. The van der Waals surface area contributed by atoms with Crippen molar-refractivity contribution in [3.05, 3.63) is 29.3 Å². The third kappa shape index (κ3) is 3.97. The minimum Gasteiger partial charge on any atom is -0.396 e. The van der Waals surface area contributed by atoms with Crippen LogP contribution in [-0.4, -0.2) is 30.2 Å². The van der Waals surface area contributed by atoms with E-state index in [4.69, 9.17) is 0 Å². The summed E-state index contributed by atoms with van der Waals surface area (Å²) in [5, 5.41) is 15.6. The van der Waals surface area contributed by atoms with Gasteiger partial charge in [-0.3, -0.25) is 4.79 Å². The molecule has 116 valence electrons. The van der Waals surface area contributed by atoms with Crippen molar-refractivity contribution in [3.8, 4) is 0 Å². The first kappa shape index (κ1) is 15.8. The molecule has 0 saturated heterocycles. The predicted molar refractivity (Wildman–Crippen MR) is 85.7 cm³/mol. The van der Waals surface area contributed by atoms with E-state index in [9.17, 15) is 9.90 Å². The summed E-state index contributed by atoms with van der Waals surface area (Å²) in [6.07, 6.45) is 2.69. The lowest BCUT2D eigenvalue weighted by atomic mass is 9.84. The second-order valence-electron chi connectivity index (χ2n) is 6.81. The number of aliphatic hydroxyl groups is 1. The molecule has 0 aromatic heterocycles. The zero-order chi connectivity index (χ0) is 15.5. The van der Waals surface area contributed by atoms with Gasteiger partial charge in [-0.25, -0.2) is 0 Å². The maximum Gasteiger partial charge on any atom is 0.251 e. The average Bonchev–Trinajstić information content (AvgIpc) is 2.45. The summed E-state index contributed by atoms with van der Waals surface area (Å²) >= 11 is 0. The zero-order valence-electron chi connectivity index (χ0n) is 13.2. The molecule has 1 unspecified atom stereocenters. The van der Waals surface area contributed by atoms with Gasteiger partial charge in [0, 0.05) is 30.4 Å². The van der Waals surface area contributed by atoms with E-state index in [0.29, 0.717) is 12.0 Å². The third-order valence-corrected chi connectivity index (χ3v) is 4.07. The molecule has 1 aromatic rings. The molecule has 4 nitrogen and oxygen atoms in total. The van der Waals surface area contributed by atoms with E-state index in [0.717, 1.165) is 25.1 Å². The molecular formula is C17H26N2O2. The highest BCUT2D eigenvalue weighted by molar-refractivity contribution is 5.95. The van der Waals surface area contributed by atoms with Gasteiger partial charge < -0.3 is 15.7 Å². The van der Waals surface area contributed by atoms with Crippen LogP contribution in [0.5, 0.6) is 0 Å². The maximum absolute atomic E-state index is 12.4. The molecule has 1 heterocycles. The monoisotopic (exact) mass is 290 g/mol. The summed E-state index contributed by atoms with van der Waals surface area (Å²) in [4.78, 5) is 12.4. The van der Waals surface area contributed by atoms with Gasteiger partial charge in [-0.2, -0.15) is 0 Å². The Morgan fingerprint density at radius 3 is 2.86 bits per heavy atom. The number of hydrogen-bond donors (Lipinski definition) is 3. The molecule has 0 aliphatic carbocycles. The van der Waals surface area contributed by atoms with Gasteiger partial charge in [-0.15, -0.1) is 0 Å². The van der Waals surface area contributed by atoms with Crippen LogP contribution in [0.1, 0.15) is 49.5 Å². The van der Waals surface area contributed by atoms with Crippen LogP contribution in [0.4, 0.5) is 5.69 Å². The van der Waals surface area contributed by atoms with Gasteiger partial charge in [0.15, 0.2) is 0 Å². The van der Waals surface area contributed by atoms with E-state index in [1.807, 2.05) is 18.2 Å². The molecule has 0 spiro atoms. The summed E-state index contributed by atoms with van der Waals surface area (Å²) < 4.78 is 0. The van der Waals surface area contributed by atoms with Crippen LogP contribution in [0.25, 0.3) is 0 Å². The quantitative estimate of drug-likeness (QED) is 0.798. The van der Waals surface area contributed by atoms with Gasteiger partial charge in [0.1, 0.15) is 0 Å². The van der Waals surface area contributed by atoms with Crippen molar-refractivity contribution in [2.75, 3.05) is 18.5 Å². The molecule has 1 aromatic carbocycles. The minimum absolute atomic E-state index is 0.0378. The van der Waals surface area contributed by atoms with Gasteiger partial charge in [-0.1, -0.05) is 20.8 Å². The molecule has 4 heteroatoms. The smallest absolute Gasteiger partial charge is 0.251 e. The zero-order valence-corrected chi connectivity index (χ0v) is 13.2. The van der Waals surface area contributed by atoms with Crippen LogP contribution >= 0.6 is 0 Å². The van der Waals surface area contributed by atoms with Crippen LogP contribution in [0, 0.1) is 5.41 Å². The molecule has 1 aliphatic heterocycles. The number of hydrogen-bond acceptors (Lipinski definition) is 3. The molecule has 1 amide bonds. The Hall–Kier alpha value is -1.55. The van der Waals surface area contributed by atoms with Gasteiger partial charge in [0.05, 0.1) is 0 Å². The number of benzene rings is 1. The van der Waals surface area contributed by atoms with E-state index in [1.165, 1.54) is 5.56 Å². The summed E-state index contributed by atoms with van der Waals surface area (Å²) in [6.45, 7) is 7.30. The van der Waals surface area contributed by atoms with E-state index in [1.54, 1.807) is 0 Å². The fourth-order valence-corrected chi connectivity index (χ4v) is 2.71. The molecule has 0 bridgehead atoms. The molecule has 3 N–H and O–H groups in total. The maximum atomic E-state index is 12.4. The number of carbonyl (C=O) groups is 1. The van der Waals surface area contributed by atoms with Gasteiger partial charge in [-0.05, 0) is 48.4 Å². The van der Waals surface area contributed by atoms with Gasteiger partial charge in [0.25, 0.3) is 5.91 Å². The summed E-state index contributed by atoms with van der Waals surface area (Å²) in [6, 6.07) is 5.80. The fourth-order valence-electron chi connectivity index (χ4n) is 2.71. The van der Waals surface area contributed by atoms with Crippen molar-refractivity contribution < 1.29 is 9.90 Å². The summed E-state index contributed by atoms with van der Waals surface area (Å²) in [5.74, 6) is -0.0586. The highest BCUT2D eigenvalue weighted by Gasteiger charge is 2.26. The topological polar surface area (TPSA) is 61.4 Å². The van der Waals surface area contributed by atoms with Gasteiger partial charge in [0.2, 0.25) is 0 Å². The van der Waals surface area contributed by atoms with Crippen molar-refractivity contribution >= 4 is 11.6 Å². The van der Waals surface area contributed by atoms with E-state index >= 15 is 0 Å². The fraction of sp³-hybridized carbons (Fsp3) is 0.588. The highest BCUT2D eigenvalue weighted by Crippen LogP contribution is 2.25. The van der Waals surface area contributed by atoms with Crippen molar-refractivity contribution in [1.29, 1.82) is 0 Å². The lowest BCUT2D eigenvalue weighted by Gasteiger charge is -2.31. The van der Waals surface area contributed by atoms with Gasteiger partial charge >= 0.3 is 0 Å². The van der Waals surface area contributed by atoms with Crippen molar-refractivity contribution in [2.24, 2.45) is 5.41 Å². The Balaban J connectivity index is 2.12. The largest absolute Gasteiger partial charge is 0.396 e. The SMILES string of the molecule is CC(C)(C)C(CCO)NC(=O)c1ccc2c(c1)CCCN2. The van der Waals surface area contributed by atoms with Crippen LogP contribution in [0.15, 0.2) is 18.2 Å². The first-order valence-corrected chi connectivity index (χ1v) is 7.70. The number of rotatable bonds is 4. The average molecular weight is 290 g/mol. The Morgan fingerprint density at radius 2 is 2.19 bits per heavy atom. The number of fused-ring (bicyclic) bond motifs is 1. The lowest BCUT2D eigenvalue weighted by Crippen LogP contribution is -2.44. The molecular weight excluding hydrogens is 264 g/mol. The second kappa shape index (κ2) is 6.48. The Morgan fingerprint density at radius 1 is 1.43 bits per heavy atom. The number of aliphatic hydroxyl groups excluding tert-OH is 1. The second-order valence-corrected chi connectivity index (χ2v) is 6.81. The third-order valence-electron chi connectivity index (χ3n) is 4.07. The van der Waals surface area contributed by atoms with E-state index in [2.05, 4.69) is 31.4 Å². The molecule has 2 rings (SSSR count). The van der Waals surface area contributed by atoms with Crippen LogP contribution < -0.4 is 10.6 Å². The standard InChI is InChI=1S/C17H26N2O2/c1-17(2,3)15(8-10-20)19-16(21)13-6-7-14-12(11-13)5-4-9-18-14/h6-7,11,15,18,20H,4-5,8-10H2,1-3H3,(H,19,21). The number of carbonyl (C=O) groups excluding carboxylic acids is 1.